The normalized spacial score (nSPS) is 12.0. The Morgan fingerprint density at radius 3 is 2.58 bits per heavy atom. The van der Waals surface area contributed by atoms with Crippen LogP contribution in [-0.4, -0.2) is 18.4 Å². The number of nitrogens with two attached hydrogens (primary N) is 1. The smallest absolute Gasteiger partial charge is 0.252 e. The highest BCUT2D eigenvalue weighted by Crippen LogP contribution is 2.19. The number of furan rings is 1. The van der Waals surface area contributed by atoms with Gasteiger partial charge in [0.1, 0.15) is 5.58 Å². The molecule has 0 bridgehead atoms. The van der Waals surface area contributed by atoms with Gasteiger partial charge in [-0.25, -0.2) is 0 Å². The molecule has 1 atom stereocenters. The zero-order valence-corrected chi connectivity index (χ0v) is 13.1. The molecule has 122 valence electrons. The summed E-state index contributed by atoms with van der Waals surface area (Å²) in [6.07, 6.45) is 2.04. The van der Waals surface area contributed by atoms with Gasteiger partial charge in [-0.1, -0.05) is 36.4 Å². The number of benzene rings is 2. The van der Waals surface area contributed by atoms with Crippen LogP contribution in [0.15, 0.2) is 65.3 Å². The largest absolute Gasteiger partial charge is 0.464 e. The fourth-order valence-corrected chi connectivity index (χ4v) is 2.68. The first-order valence-corrected chi connectivity index (χ1v) is 7.73. The van der Waals surface area contributed by atoms with Crippen molar-refractivity contribution >= 4 is 22.8 Å². The third kappa shape index (κ3) is 3.46. The monoisotopic (exact) mass is 322 g/mol. The van der Waals surface area contributed by atoms with E-state index in [0.29, 0.717) is 17.6 Å². The summed E-state index contributed by atoms with van der Waals surface area (Å²) in [6.45, 7) is 0.192. The molecule has 1 heterocycles. The molecule has 0 aliphatic rings. The topological polar surface area (TPSA) is 85.3 Å². The number of carbonyl (C=O) groups is 2. The highest BCUT2D eigenvalue weighted by atomic mass is 16.3. The summed E-state index contributed by atoms with van der Waals surface area (Å²) in [5.74, 6) is -1.14. The van der Waals surface area contributed by atoms with Crippen LogP contribution in [0, 0.1) is 5.92 Å². The summed E-state index contributed by atoms with van der Waals surface area (Å²) in [6, 6.07) is 16.6. The van der Waals surface area contributed by atoms with E-state index in [0.717, 1.165) is 10.9 Å². The lowest BCUT2D eigenvalue weighted by molar-refractivity contribution is -0.121. The third-order valence-corrected chi connectivity index (χ3v) is 3.98. The first-order valence-electron chi connectivity index (χ1n) is 7.73. The summed E-state index contributed by atoms with van der Waals surface area (Å²) in [5, 5.41) is 3.55. The fourth-order valence-electron chi connectivity index (χ4n) is 2.68. The number of fused-ring (bicyclic) bond motifs is 1. The van der Waals surface area contributed by atoms with Crippen molar-refractivity contribution in [2.24, 2.45) is 11.7 Å². The van der Waals surface area contributed by atoms with Crippen LogP contribution in [-0.2, 0) is 11.2 Å². The molecule has 3 rings (SSSR count). The molecule has 5 nitrogen and oxygen atoms in total. The minimum atomic E-state index is -0.458. The molecule has 1 aromatic heterocycles. The van der Waals surface area contributed by atoms with Crippen molar-refractivity contribution in [3.8, 4) is 0 Å². The lowest BCUT2D eigenvalue weighted by Crippen LogP contribution is -2.37. The lowest BCUT2D eigenvalue weighted by atomic mass is 9.98. The van der Waals surface area contributed by atoms with Crippen molar-refractivity contribution in [1.29, 1.82) is 0 Å². The number of hydrogen-bond donors (Lipinski definition) is 2. The van der Waals surface area contributed by atoms with Gasteiger partial charge in [0.2, 0.25) is 5.91 Å². The minimum absolute atomic E-state index is 0.192. The summed E-state index contributed by atoms with van der Waals surface area (Å²) in [4.78, 5) is 24.1. The second kappa shape index (κ2) is 7.00. The Balaban J connectivity index is 1.69. The Labute approximate surface area is 139 Å². The quantitative estimate of drug-likeness (QED) is 0.731. The Bertz CT molecular complexity index is 855. The van der Waals surface area contributed by atoms with Gasteiger partial charge in [-0.05, 0) is 30.2 Å². The maximum Gasteiger partial charge on any atom is 0.252 e. The molecule has 0 aliphatic carbocycles. The van der Waals surface area contributed by atoms with E-state index < -0.39 is 11.8 Å². The van der Waals surface area contributed by atoms with E-state index in [-0.39, 0.29) is 12.5 Å². The summed E-state index contributed by atoms with van der Waals surface area (Å²) >= 11 is 0. The molecule has 2 amide bonds. The molecule has 0 saturated carbocycles. The van der Waals surface area contributed by atoms with Crippen LogP contribution < -0.4 is 11.1 Å². The SMILES string of the molecule is NC(=O)[C@@H](CNC(=O)c1cccc2occc12)Cc1ccccc1. The molecule has 0 fully saturated rings. The molecule has 0 spiro atoms. The van der Waals surface area contributed by atoms with Gasteiger partial charge in [-0.3, -0.25) is 9.59 Å². The number of rotatable bonds is 6. The molecule has 0 unspecified atom stereocenters. The zero-order valence-electron chi connectivity index (χ0n) is 13.1. The maximum absolute atomic E-state index is 12.4. The molecular weight excluding hydrogens is 304 g/mol. The second-order valence-corrected chi connectivity index (χ2v) is 5.64. The highest BCUT2D eigenvalue weighted by molar-refractivity contribution is 6.06. The number of primary amides is 1. The van der Waals surface area contributed by atoms with E-state index >= 15 is 0 Å². The average Bonchev–Trinajstić information content (AvgIpc) is 3.07. The molecule has 5 heteroatoms. The van der Waals surface area contributed by atoms with Gasteiger partial charge in [0.05, 0.1) is 17.7 Å². The lowest BCUT2D eigenvalue weighted by Gasteiger charge is -2.14. The van der Waals surface area contributed by atoms with Gasteiger partial charge in [-0.2, -0.15) is 0 Å². The Kier molecular flexibility index (Phi) is 4.61. The molecular formula is C19H18N2O3. The predicted molar refractivity (Wildman–Crippen MR) is 91.4 cm³/mol. The standard InChI is InChI=1S/C19H18N2O3/c20-18(22)14(11-13-5-2-1-3-6-13)12-21-19(23)16-7-4-8-17-15(16)9-10-24-17/h1-10,14H,11-12H2,(H2,20,22)(H,21,23)/t14-/m1/s1. The van der Waals surface area contributed by atoms with E-state index in [4.69, 9.17) is 10.2 Å². The van der Waals surface area contributed by atoms with Crippen molar-refractivity contribution < 1.29 is 14.0 Å². The molecule has 2 aromatic carbocycles. The van der Waals surface area contributed by atoms with Gasteiger partial charge in [0.15, 0.2) is 0 Å². The van der Waals surface area contributed by atoms with Crippen molar-refractivity contribution in [1.82, 2.24) is 5.32 Å². The number of nitrogens with one attached hydrogen (secondary N) is 1. The molecule has 3 aromatic rings. The number of amides is 2. The van der Waals surface area contributed by atoms with E-state index in [1.54, 1.807) is 30.5 Å². The first kappa shape index (κ1) is 15.8. The van der Waals surface area contributed by atoms with Crippen molar-refractivity contribution in [2.45, 2.75) is 6.42 Å². The van der Waals surface area contributed by atoms with E-state index in [1.165, 1.54) is 0 Å². The van der Waals surface area contributed by atoms with Crippen LogP contribution in [0.4, 0.5) is 0 Å². The van der Waals surface area contributed by atoms with Crippen LogP contribution in [0.5, 0.6) is 0 Å². The van der Waals surface area contributed by atoms with Crippen molar-refractivity contribution in [3.05, 3.63) is 72.0 Å². The van der Waals surface area contributed by atoms with Crippen LogP contribution in [0.25, 0.3) is 11.0 Å². The highest BCUT2D eigenvalue weighted by Gasteiger charge is 2.18. The van der Waals surface area contributed by atoms with Crippen LogP contribution in [0.1, 0.15) is 15.9 Å². The Morgan fingerprint density at radius 1 is 1.04 bits per heavy atom. The van der Waals surface area contributed by atoms with Gasteiger partial charge >= 0.3 is 0 Å². The van der Waals surface area contributed by atoms with Crippen molar-refractivity contribution in [2.75, 3.05) is 6.54 Å². The third-order valence-electron chi connectivity index (χ3n) is 3.98. The number of carbonyl (C=O) groups excluding carboxylic acids is 2. The van der Waals surface area contributed by atoms with Gasteiger partial charge in [0, 0.05) is 11.9 Å². The average molecular weight is 322 g/mol. The zero-order chi connectivity index (χ0) is 16.9. The van der Waals surface area contributed by atoms with Crippen LogP contribution in [0.2, 0.25) is 0 Å². The van der Waals surface area contributed by atoms with E-state index in [1.807, 2.05) is 30.3 Å². The molecule has 24 heavy (non-hydrogen) atoms. The minimum Gasteiger partial charge on any atom is -0.464 e. The molecule has 0 radical (unpaired) electrons. The van der Waals surface area contributed by atoms with E-state index in [2.05, 4.69) is 5.32 Å². The van der Waals surface area contributed by atoms with Crippen LogP contribution in [0.3, 0.4) is 0 Å². The predicted octanol–water partition coefficient (Wildman–Crippen LogP) is 2.51. The fraction of sp³-hybridized carbons (Fsp3) is 0.158. The second-order valence-electron chi connectivity index (χ2n) is 5.64. The van der Waals surface area contributed by atoms with E-state index in [9.17, 15) is 9.59 Å². The Morgan fingerprint density at radius 2 is 1.83 bits per heavy atom. The number of hydrogen-bond acceptors (Lipinski definition) is 3. The van der Waals surface area contributed by atoms with Crippen molar-refractivity contribution in [3.63, 3.8) is 0 Å². The first-order chi connectivity index (χ1) is 11.6. The molecule has 3 N–H and O–H groups in total. The van der Waals surface area contributed by atoms with Gasteiger partial charge < -0.3 is 15.5 Å². The Hall–Kier alpha value is -3.08. The van der Waals surface area contributed by atoms with Gasteiger partial charge in [0.25, 0.3) is 5.91 Å². The summed E-state index contributed by atoms with van der Waals surface area (Å²) in [5.41, 5.74) is 7.65. The molecule has 0 saturated heterocycles. The van der Waals surface area contributed by atoms with Gasteiger partial charge in [-0.15, -0.1) is 0 Å². The van der Waals surface area contributed by atoms with Crippen LogP contribution >= 0.6 is 0 Å². The summed E-state index contributed by atoms with van der Waals surface area (Å²) < 4.78 is 5.30. The maximum atomic E-state index is 12.4. The molecule has 0 aliphatic heterocycles. The summed E-state index contributed by atoms with van der Waals surface area (Å²) in [7, 11) is 0.